The van der Waals surface area contributed by atoms with Crippen molar-refractivity contribution in [1.82, 2.24) is 0 Å². The largest absolute Gasteiger partial charge is 0.394 e. The van der Waals surface area contributed by atoms with Gasteiger partial charge in [0.1, 0.15) is 60.7 Å². The van der Waals surface area contributed by atoms with E-state index in [2.05, 4.69) is 19.6 Å². The minimum Gasteiger partial charge on any atom is -0.394 e. The summed E-state index contributed by atoms with van der Waals surface area (Å²) in [6.07, 6.45) is 8.60. The molecule has 9 N–H and O–H groups in total. The van der Waals surface area contributed by atoms with Crippen molar-refractivity contribution in [3.05, 3.63) is 100 Å². The zero-order valence-electron chi connectivity index (χ0n) is 40.5. The van der Waals surface area contributed by atoms with E-state index in [9.17, 15) is 50.8 Å². The molecule has 0 spiro atoms. The van der Waals surface area contributed by atoms with Crippen LogP contribution in [0.4, 0.5) is 0 Å². The quantitative estimate of drug-likeness (QED) is 0.0331. The molecule has 3 heterocycles. The normalized spacial score (nSPS) is 40.6. The van der Waals surface area contributed by atoms with Crippen LogP contribution in [-0.4, -0.2) is 156 Å². The molecule has 3 aliphatic heterocycles. The van der Waals surface area contributed by atoms with Crippen molar-refractivity contribution in [2.24, 2.45) is 10.8 Å². The lowest BCUT2D eigenvalue weighted by molar-refractivity contribution is -0.363. The standard InChI is InChI=1S/C52H76O15/c1-31(15-12-16-32(2)20-21-39-48(4,5)24-35(56)25-50(39,8)62)14-10-11-18-34(28-53)19-13-17-33(3)22-23-52-49(6,7)26-36(27-51(52,9)67-52)63-46-44(61)42(59)45(38(30-55)65-46)66-47-43(60)41(58)40(57)37(29-54)64-47/h10-20,28,35-38,40-47,54-62H,22-27,29-30H2,1-9H3/b11-10+,15-12+,19-13+,31-14+,32-16+,33-17+,34-18-/t21?,35-,36-,37+,38+,40-,41-,42+,43+,44+,45+,46+,47-,50+,51+,52-/m0/s1. The first-order valence-electron chi connectivity index (χ1n) is 23.4. The van der Waals surface area contributed by atoms with Crippen LogP contribution in [0.3, 0.4) is 0 Å². The Labute approximate surface area is 395 Å². The minimum absolute atomic E-state index is 0.295. The molecule has 2 aliphatic carbocycles. The topological polar surface area (TPSA) is 249 Å². The smallest absolute Gasteiger partial charge is 0.187 e. The van der Waals surface area contributed by atoms with Gasteiger partial charge < -0.3 is 69.6 Å². The van der Waals surface area contributed by atoms with Crippen molar-refractivity contribution >= 4 is 6.29 Å². The molecular weight excluding hydrogens is 865 g/mol. The van der Waals surface area contributed by atoms with Gasteiger partial charge in [0.15, 0.2) is 12.6 Å². The Hall–Kier alpha value is -3.19. The second-order valence-electron chi connectivity index (χ2n) is 20.8. The summed E-state index contributed by atoms with van der Waals surface area (Å²) < 4.78 is 29.8. The van der Waals surface area contributed by atoms with Gasteiger partial charge in [0.2, 0.25) is 0 Å². The summed E-state index contributed by atoms with van der Waals surface area (Å²) in [5.41, 5.74) is 4.84. The molecule has 0 aromatic rings. The summed E-state index contributed by atoms with van der Waals surface area (Å²) >= 11 is 0. The third-order valence-electron chi connectivity index (χ3n) is 14.1. The number of hydrogen-bond donors (Lipinski definition) is 9. The maximum absolute atomic E-state index is 11.8. The van der Waals surface area contributed by atoms with Crippen LogP contribution >= 0.6 is 0 Å². The van der Waals surface area contributed by atoms with Gasteiger partial charge in [-0.05, 0) is 82.8 Å². The summed E-state index contributed by atoms with van der Waals surface area (Å²) in [6.45, 7) is 16.6. The lowest BCUT2D eigenvalue weighted by Crippen LogP contribution is -2.65. The Bertz CT molecular complexity index is 1990. The minimum atomic E-state index is -1.76. The van der Waals surface area contributed by atoms with Gasteiger partial charge in [-0.2, -0.15) is 0 Å². The van der Waals surface area contributed by atoms with Gasteiger partial charge in [0.05, 0.1) is 36.6 Å². The zero-order chi connectivity index (χ0) is 49.7. The fourth-order valence-corrected chi connectivity index (χ4v) is 10.6. The van der Waals surface area contributed by atoms with E-state index in [1.807, 2.05) is 96.2 Å². The maximum atomic E-state index is 11.8. The van der Waals surface area contributed by atoms with Crippen molar-refractivity contribution < 1.29 is 74.4 Å². The van der Waals surface area contributed by atoms with Gasteiger partial charge in [0, 0.05) is 24.0 Å². The van der Waals surface area contributed by atoms with Crippen molar-refractivity contribution in [2.75, 3.05) is 13.2 Å². The molecule has 374 valence electrons. The summed E-state index contributed by atoms with van der Waals surface area (Å²) in [7, 11) is 0. The first-order valence-corrected chi connectivity index (χ1v) is 23.4. The van der Waals surface area contributed by atoms with E-state index in [4.69, 9.17) is 23.7 Å². The molecular formula is C52H76O15. The first-order chi connectivity index (χ1) is 31.3. The molecule has 5 rings (SSSR count). The Morgan fingerprint density at radius 2 is 1.31 bits per heavy atom. The second-order valence-corrected chi connectivity index (χ2v) is 20.8. The molecule has 0 aromatic heterocycles. The monoisotopic (exact) mass is 941 g/mol. The highest BCUT2D eigenvalue weighted by molar-refractivity contribution is 5.78. The Kier molecular flexibility index (Phi) is 18.2. The summed E-state index contributed by atoms with van der Waals surface area (Å²) in [6, 6.07) is 0. The molecule has 5 aliphatic rings. The van der Waals surface area contributed by atoms with Crippen LogP contribution in [0.2, 0.25) is 0 Å². The van der Waals surface area contributed by atoms with Crippen molar-refractivity contribution in [3.63, 3.8) is 0 Å². The van der Waals surface area contributed by atoms with Crippen LogP contribution < -0.4 is 0 Å². The van der Waals surface area contributed by atoms with E-state index in [1.165, 1.54) is 0 Å². The van der Waals surface area contributed by atoms with Crippen LogP contribution in [0, 0.1) is 10.8 Å². The van der Waals surface area contributed by atoms with E-state index in [0.29, 0.717) is 31.3 Å². The molecule has 0 radical (unpaired) electrons. The molecule has 0 amide bonds. The Balaban J connectivity index is 1.11. The number of aliphatic hydroxyl groups is 9. The lowest BCUT2D eigenvalue weighted by atomic mass is 9.61. The number of aldehydes is 1. The highest BCUT2D eigenvalue weighted by Crippen LogP contribution is 2.68. The van der Waals surface area contributed by atoms with Crippen LogP contribution in [0.25, 0.3) is 0 Å². The van der Waals surface area contributed by atoms with Gasteiger partial charge in [-0.15, -0.1) is 5.73 Å². The second kappa shape index (κ2) is 22.3. The highest BCUT2D eigenvalue weighted by Gasteiger charge is 2.75. The first kappa shape index (κ1) is 54.7. The van der Waals surface area contributed by atoms with Gasteiger partial charge in [-0.1, -0.05) is 99.6 Å². The summed E-state index contributed by atoms with van der Waals surface area (Å²) in [5.74, 6) is 0. The molecule has 15 nitrogen and oxygen atoms in total. The molecule has 0 unspecified atom stereocenters. The van der Waals surface area contributed by atoms with Crippen molar-refractivity contribution in [1.29, 1.82) is 0 Å². The average Bonchev–Trinajstić information content (AvgIpc) is 3.88. The number of fused-ring (bicyclic) bond motifs is 1. The molecule has 0 bridgehead atoms. The highest BCUT2D eigenvalue weighted by atomic mass is 16.7. The van der Waals surface area contributed by atoms with Crippen LogP contribution in [-0.2, 0) is 28.5 Å². The maximum Gasteiger partial charge on any atom is 0.187 e. The predicted molar refractivity (Wildman–Crippen MR) is 250 cm³/mol. The average molecular weight is 941 g/mol. The van der Waals surface area contributed by atoms with Gasteiger partial charge in [0.25, 0.3) is 0 Å². The predicted octanol–water partition coefficient (Wildman–Crippen LogP) is 3.77. The van der Waals surface area contributed by atoms with Crippen LogP contribution in [0.5, 0.6) is 0 Å². The molecule has 67 heavy (non-hydrogen) atoms. The van der Waals surface area contributed by atoms with Crippen molar-refractivity contribution in [2.45, 2.75) is 191 Å². The fraction of sp³-hybridized carbons (Fsp3) is 0.654. The van der Waals surface area contributed by atoms with Crippen molar-refractivity contribution in [3.8, 4) is 0 Å². The molecule has 2 saturated carbocycles. The molecule has 5 fully saturated rings. The van der Waals surface area contributed by atoms with E-state index in [-0.39, 0.29) is 10.8 Å². The van der Waals surface area contributed by atoms with E-state index < -0.39 is 104 Å². The van der Waals surface area contributed by atoms with Gasteiger partial charge >= 0.3 is 0 Å². The van der Waals surface area contributed by atoms with Crippen LogP contribution in [0.15, 0.2) is 100 Å². The SMILES string of the molecule is C\C(C=C=C1C(C)(C)C[C@H](O)C[C@@]1(C)O)=C/C=C/C(C)=C/C=C/C=C(C=O)/C=C/C=C(\C)CC[C@@]12O[C@]1(C)C[C@@H](O[C@@H]1O[C@H](CO)[C@@H](O[C@@H]3O[C@H](CO)[C@H](O)[C@H](O)[C@H]3O)[C@H](O)[C@H]1O)CC2(C)C. The number of aliphatic hydroxyl groups excluding tert-OH is 8. The summed E-state index contributed by atoms with van der Waals surface area (Å²) in [4.78, 5) is 11.8. The van der Waals surface area contributed by atoms with E-state index in [0.717, 1.165) is 41.4 Å². The molecule has 15 atom stereocenters. The third-order valence-corrected chi connectivity index (χ3v) is 14.1. The number of allylic oxidation sites excluding steroid dienone is 14. The van der Waals surface area contributed by atoms with Gasteiger partial charge in [-0.3, -0.25) is 4.79 Å². The van der Waals surface area contributed by atoms with Gasteiger partial charge in [-0.25, -0.2) is 0 Å². The fourth-order valence-electron chi connectivity index (χ4n) is 10.6. The number of ether oxygens (including phenoxy) is 5. The number of epoxide rings is 1. The molecule has 15 heteroatoms. The van der Waals surface area contributed by atoms with Crippen LogP contribution in [0.1, 0.15) is 101 Å². The zero-order valence-corrected chi connectivity index (χ0v) is 40.5. The number of carbonyl (C=O) groups is 1. The summed E-state index contributed by atoms with van der Waals surface area (Å²) in [5, 5.41) is 93.8. The number of rotatable bonds is 17. The number of hydrogen-bond acceptors (Lipinski definition) is 15. The lowest BCUT2D eigenvalue weighted by Gasteiger charge is -2.47. The van der Waals surface area contributed by atoms with E-state index >= 15 is 0 Å². The van der Waals surface area contributed by atoms with E-state index in [1.54, 1.807) is 19.1 Å². The molecule has 3 saturated heterocycles. The molecule has 0 aromatic carbocycles. The Morgan fingerprint density at radius 3 is 1.96 bits per heavy atom. The number of carbonyl (C=O) groups excluding carboxylic acids is 1. The third kappa shape index (κ3) is 12.8. The Morgan fingerprint density at radius 1 is 0.701 bits per heavy atom.